The smallest absolute Gasteiger partial charge is 0.197 e. The minimum atomic E-state index is -0.210. The molecule has 273 valence electrons. The summed E-state index contributed by atoms with van der Waals surface area (Å²) in [7, 11) is 2.44. The highest BCUT2D eigenvalue weighted by Gasteiger charge is 2.42. The van der Waals surface area contributed by atoms with Crippen molar-refractivity contribution >= 4 is 57.4 Å². The molecule has 0 spiro atoms. The molecule has 2 heterocycles. The molecule has 0 unspecified atom stereocenters. The van der Waals surface area contributed by atoms with E-state index in [0.29, 0.717) is 0 Å². The normalized spacial score (nSPS) is 13.2. The van der Waals surface area contributed by atoms with E-state index in [4.69, 9.17) is 0 Å². The fourth-order valence-electron chi connectivity index (χ4n) is 9.44. The molecule has 9 aromatic rings. The number of hydrogen-bond acceptors (Lipinski definition) is 2. The number of hydrogen-bond donors (Lipinski definition) is 1. The van der Waals surface area contributed by atoms with Gasteiger partial charge in [0, 0.05) is 33.7 Å². The lowest BCUT2D eigenvalue weighted by atomic mass is 9.55. The summed E-state index contributed by atoms with van der Waals surface area (Å²) in [6.45, 7) is 4.79. The molecule has 3 heteroatoms. The molecule has 0 saturated heterocycles. The van der Waals surface area contributed by atoms with E-state index in [-0.39, 0.29) is 5.41 Å². The zero-order chi connectivity index (χ0) is 38.8. The molecular formula is C55H40BN2. The number of benzene rings is 9. The van der Waals surface area contributed by atoms with Crippen molar-refractivity contribution in [1.29, 1.82) is 0 Å². The van der Waals surface area contributed by atoms with Gasteiger partial charge in [-0.05, 0) is 109 Å². The van der Waals surface area contributed by atoms with Crippen LogP contribution in [0.25, 0.3) is 55.3 Å². The second kappa shape index (κ2) is 13.5. The van der Waals surface area contributed by atoms with Gasteiger partial charge in [0.25, 0.3) is 0 Å². The van der Waals surface area contributed by atoms with Gasteiger partial charge < -0.3 is 10.2 Å². The Labute approximate surface area is 341 Å². The van der Waals surface area contributed by atoms with Crippen LogP contribution in [0.3, 0.4) is 0 Å². The van der Waals surface area contributed by atoms with E-state index in [1.54, 1.807) is 0 Å². The molecule has 0 aromatic heterocycles. The van der Waals surface area contributed by atoms with Crippen LogP contribution in [0.5, 0.6) is 0 Å². The van der Waals surface area contributed by atoms with Gasteiger partial charge in [-0.25, -0.2) is 0 Å². The summed E-state index contributed by atoms with van der Waals surface area (Å²) < 4.78 is 0. The van der Waals surface area contributed by atoms with Gasteiger partial charge in [-0.1, -0.05) is 177 Å². The van der Waals surface area contributed by atoms with Crippen molar-refractivity contribution in [2.75, 3.05) is 10.2 Å². The van der Waals surface area contributed by atoms with Gasteiger partial charge in [-0.15, -0.1) is 0 Å². The molecule has 2 aliphatic heterocycles. The van der Waals surface area contributed by atoms with Gasteiger partial charge in [0.15, 0.2) is 7.28 Å². The van der Waals surface area contributed by atoms with Crippen LogP contribution in [0.1, 0.15) is 25.0 Å². The largest absolute Gasteiger partial charge is 0.355 e. The first-order valence-electron chi connectivity index (χ1n) is 20.2. The lowest BCUT2D eigenvalue weighted by molar-refractivity contribution is 0.639. The van der Waals surface area contributed by atoms with Gasteiger partial charge in [0.1, 0.15) is 0 Å². The molecule has 9 aromatic carbocycles. The van der Waals surface area contributed by atoms with Gasteiger partial charge in [-0.3, -0.25) is 0 Å². The van der Waals surface area contributed by atoms with Crippen molar-refractivity contribution in [1.82, 2.24) is 0 Å². The Bertz CT molecular complexity index is 3030. The fourth-order valence-corrected chi connectivity index (χ4v) is 9.44. The van der Waals surface area contributed by atoms with E-state index in [1.165, 1.54) is 88.8 Å². The van der Waals surface area contributed by atoms with E-state index < -0.39 is 0 Å². The Morgan fingerprint density at radius 2 is 1.09 bits per heavy atom. The summed E-state index contributed by atoms with van der Waals surface area (Å²) in [5.41, 5.74) is 20.1. The van der Waals surface area contributed by atoms with Crippen molar-refractivity contribution in [2.45, 2.75) is 19.3 Å². The summed E-state index contributed by atoms with van der Waals surface area (Å²) in [4.78, 5) is 2.57. The maximum atomic E-state index is 3.91. The lowest BCUT2D eigenvalue weighted by Gasteiger charge is -2.46. The molecule has 0 fully saturated rings. The average Bonchev–Trinajstić information content (AvgIpc) is 3.28. The van der Waals surface area contributed by atoms with Crippen molar-refractivity contribution in [3.05, 3.63) is 211 Å². The average molecular weight is 740 g/mol. The number of nitrogens with one attached hydrogen (secondary N) is 1. The van der Waals surface area contributed by atoms with Crippen LogP contribution in [0.15, 0.2) is 200 Å². The van der Waals surface area contributed by atoms with Crippen LogP contribution in [-0.2, 0) is 5.41 Å². The molecule has 1 radical (unpaired) electrons. The third kappa shape index (κ3) is 5.57. The lowest BCUT2D eigenvalue weighted by Crippen LogP contribution is -2.45. The van der Waals surface area contributed by atoms with Crippen molar-refractivity contribution in [2.24, 2.45) is 0 Å². The highest BCUT2D eigenvalue weighted by atomic mass is 15.2. The molecular weight excluding hydrogens is 699 g/mol. The van der Waals surface area contributed by atoms with E-state index in [9.17, 15) is 0 Å². The van der Waals surface area contributed by atoms with Crippen LogP contribution in [0.2, 0.25) is 0 Å². The second-order valence-electron chi connectivity index (χ2n) is 16.0. The zero-order valence-electron chi connectivity index (χ0n) is 32.6. The third-order valence-corrected chi connectivity index (χ3v) is 12.2. The Hall–Kier alpha value is -7.10. The van der Waals surface area contributed by atoms with E-state index in [2.05, 4.69) is 232 Å². The molecule has 1 N–H and O–H groups in total. The summed E-state index contributed by atoms with van der Waals surface area (Å²) in [6.07, 6.45) is 0. The second-order valence-corrected chi connectivity index (χ2v) is 16.0. The molecule has 2 nitrogen and oxygen atoms in total. The number of fused-ring (bicyclic) bond motifs is 6. The molecule has 0 amide bonds. The topological polar surface area (TPSA) is 15.3 Å². The van der Waals surface area contributed by atoms with Crippen LogP contribution < -0.4 is 21.1 Å². The van der Waals surface area contributed by atoms with Crippen LogP contribution in [0.4, 0.5) is 28.4 Å². The minimum absolute atomic E-state index is 0.210. The van der Waals surface area contributed by atoms with E-state index in [1.807, 2.05) is 0 Å². The maximum absolute atomic E-state index is 3.91. The number of rotatable bonds is 6. The molecule has 0 saturated carbocycles. The third-order valence-electron chi connectivity index (χ3n) is 12.2. The first-order chi connectivity index (χ1) is 28.5. The molecule has 0 atom stereocenters. The first kappa shape index (κ1) is 34.2. The van der Waals surface area contributed by atoms with Crippen LogP contribution in [-0.4, -0.2) is 7.28 Å². The van der Waals surface area contributed by atoms with Crippen LogP contribution in [0, 0.1) is 0 Å². The number of para-hydroxylation sites is 1. The molecule has 0 aliphatic carbocycles. The predicted octanol–water partition coefficient (Wildman–Crippen LogP) is 13.3. The quantitative estimate of drug-likeness (QED) is 0.171. The highest BCUT2D eigenvalue weighted by Crippen LogP contribution is 2.54. The Balaban J connectivity index is 1.18. The molecule has 58 heavy (non-hydrogen) atoms. The van der Waals surface area contributed by atoms with Gasteiger partial charge in [-0.2, -0.15) is 0 Å². The summed E-state index contributed by atoms with van der Waals surface area (Å²) in [5, 5.41) is 6.48. The van der Waals surface area contributed by atoms with Gasteiger partial charge in [0.05, 0.1) is 5.69 Å². The Morgan fingerprint density at radius 3 is 1.83 bits per heavy atom. The monoisotopic (exact) mass is 739 g/mol. The van der Waals surface area contributed by atoms with E-state index >= 15 is 0 Å². The van der Waals surface area contributed by atoms with Crippen molar-refractivity contribution < 1.29 is 0 Å². The van der Waals surface area contributed by atoms with E-state index in [0.717, 1.165) is 16.9 Å². The SMILES string of the molecule is CC1(C)c2cccc3c2N(c2cc(-c4ccccc4)cc(-c4cc(-c5ccccc5)ccc4Nc4cccc(-c5ccccc5)c4)c2[B]3)c2ccc3ccccc3c21. The first-order valence-corrected chi connectivity index (χ1v) is 20.2. The summed E-state index contributed by atoms with van der Waals surface area (Å²) in [6, 6.07) is 73.0. The Morgan fingerprint density at radius 1 is 0.466 bits per heavy atom. The summed E-state index contributed by atoms with van der Waals surface area (Å²) >= 11 is 0. The molecule has 11 rings (SSSR count). The minimum Gasteiger partial charge on any atom is -0.355 e. The maximum Gasteiger partial charge on any atom is 0.197 e. The van der Waals surface area contributed by atoms with Crippen molar-refractivity contribution in [3.8, 4) is 44.5 Å². The number of nitrogens with zero attached hydrogens (tertiary/aromatic N) is 1. The predicted molar refractivity (Wildman–Crippen MR) is 247 cm³/mol. The zero-order valence-corrected chi connectivity index (χ0v) is 32.6. The van der Waals surface area contributed by atoms with Gasteiger partial charge in [0.2, 0.25) is 0 Å². The van der Waals surface area contributed by atoms with Gasteiger partial charge >= 0.3 is 0 Å². The molecule has 0 bridgehead atoms. The standard InChI is InChI=1S/C55H40BN2/c1-55(2)47-26-15-27-48-54(47)58(50-31-29-39-22-12-13-25-44(39)52(50)55)51-35-42(38-20-10-5-11-21-38)34-46(53(51)56-48)45-33-41(37-18-8-4-9-19-37)28-30-49(45)57-43-24-14-23-40(32-43)36-16-6-3-7-17-36/h3-35,57H,1-2H3. The fraction of sp³-hybridized carbons (Fsp3) is 0.0545. The van der Waals surface area contributed by atoms with Crippen LogP contribution >= 0.6 is 0 Å². The Kier molecular flexibility index (Phi) is 7.98. The highest BCUT2D eigenvalue weighted by molar-refractivity contribution is 6.73. The molecule has 2 aliphatic rings. The van der Waals surface area contributed by atoms with Crippen molar-refractivity contribution in [3.63, 3.8) is 0 Å². The summed E-state index contributed by atoms with van der Waals surface area (Å²) in [5.74, 6) is 0. The number of anilines is 5.